The molecular formula is C19H24IN3O2. The van der Waals surface area contributed by atoms with Crippen LogP contribution in [0.2, 0.25) is 0 Å². The van der Waals surface area contributed by atoms with Crippen molar-refractivity contribution in [1.29, 1.82) is 0 Å². The van der Waals surface area contributed by atoms with Gasteiger partial charge in [-0.05, 0) is 29.7 Å². The first-order valence-electron chi connectivity index (χ1n) is 8.03. The average molecular weight is 453 g/mol. The highest BCUT2D eigenvalue weighted by Gasteiger charge is 2.08. The molecule has 6 heteroatoms. The zero-order valence-corrected chi connectivity index (χ0v) is 16.6. The van der Waals surface area contributed by atoms with Crippen molar-refractivity contribution in [2.75, 3.05) is 6.54 Å². The van der Waals surface area contributed by atoms with Gasteiger partial charge >= 0.3 is 5.97 Å². The van der Waals surface area contributed by atoms with E-state index in [9.17, 15) is 4.79 Å². The quantitative estimate of drug-likeness (QED) is 0.291. The second-order valence-electron chi connectivity index (χ2n) is 5.39. The highest BCUT2D eigenvalue weighted by Crippen LogP contribution is 2.10. The van der Waals surface area contributed by atoms with E-state index < -0.39 is 0 Å². The Morgan fingerprint density at radius 1 is 1.12 bits per heavy atom. The third-order valence-corrected chi connectivity index (χ3v) is 3.36. The van der Waals surface area contributed by atoms with Crippen LogP contribution in [0, 0.1) is 0 Å². The summed E-state index contributed by atoms with van der Waals surface area (Å²) in [4.78, 5) is 16.4. The second-order valence-corrected chi connectivity index (χ2v) is 5.39. The maximum absolute atomic E-state index is 12.2. The van der Waals surface area contributed by atoms with Crippen molar-refractivity contribution >= 4 is 35.9 Å². The first-order valence-corrected chi connectivity index (χ1v) is 8.03. The Morgan fingerprint density at radius 3 is 2.56 bits per heavy atom. The smallest absolute Gasteiger partial charge is 0.338 e. The number of nitrogens with one attached hydrogen (secondary N) is 1. The molecule has 0 bridgehead atoms. The van der Waals surface area contributed by atoms with Gasteiger partial charge in [-0.25, -0.2) is 9.79 Å². The van der Waals surface area contributed by atoms with E-state index in [-0.39, 0.29) is 36.6 Å². The summed E-state index contributed by atoms with van der Waals surface area (Å²) in [5, 5.41) is 3.01. The van der Waals surface area contributed by atoms with Gasteiger partial charge in [0, 0.05) is 6.54 Å². The molecule has 2 rings (SSSR count). The molecule has 2 aromatic carbocycles. The van der Waals surface area contributed by atoms with Crippen LogP contribution in [-0.2, 0) is 17.9 Å². The largest absolute Gasteiger partial charge is 0.457 e. The number of guanidine groups is 1. The van der Waals surface area contributed by atoms with E-state index in [0.29, 0.717) is 18.1 Å². The number of benzene rings is 2. The van der Waals surface area contributed by atoms with Crippen molar-refractivity contribution in [3.05, 3.63) is 71.3 Å². The van der Waals surface area contributed by atoms with E-state index in [1.165, 1.54) is 0 Å². The topological polar surface area (TPSA) is 76.7 Å². The molecule has 0 radical (unpaired) electrons. The van der Waals surface area contributed by atoms with Gasteiger partial charge in [-0.15, -0.1) is 24.0 Å². The number of aliphatic imine (C=N–C) groups is 1. The second kappa shape index (κ2) is 11.5. The number of hydrogen-bond donors (Lipinski definition) is 2. The molecule has 0 aromatic heterocycles. The molecule has 0 saturated carbocycles. The minimum absolute atomic E-state index is 0. The average Bonchev–Trinajstić information content (AvgIpc) is 2.63. The molecule has 134 valence electrons. The number of hydrogen-bond acceptors (Lipinski definition) is 3. The summed E-state index contributed by atoms with van der Waals surface area (Å²) in [6.07, 6.45) is 0.985. The summed E-state index contributed by atoms with van der Waals surface area (Å²) in [5.41, 5.74) is 8.14. The fourth-order valence-electron chi connectivity index (χ4n) is 2.09. The summed E-state index contributed by atoms with van der Waals surface area (Å²) in [7, 11) is 0. The molecule has 0 heterocycles. The Labute approximate surface area is 165 Å². The number of rotatable bonds is 7. The monoisotopic (exact) mass is 453 g/mol. The van der Waals surface area contributed by atoms with Gasteiger partial charge in [0.25, 0.3) is 0 Å². The van der Waals surface area contributed by atoms with Crippen LogP contribution in [0.4, 0.5) is 0 Å². The van der Waals surface area contributed by atoms with Crippen LogP contribution in [0.5, 0.6) is 0 Å². The van der Waals surface area contributed by atoms with Crippen LogP contribution in [-0.4, -0.2) is 18.5 Å². The summed E-state index contributed by atoms with van der Waals surface area (Å²) < 4.78 is 5.34. The molecule has 5 nitrogen and oxygen atoms in total. The van der Waals surface area contributed by atoms with Gasteiger partial charge in [-0.3, -0.25) is 0 Å². The number of carbonyl (C=O) groups excluding carboxylic acids is 1. The zero-order valence-electron chi connectivity index (χ0n) is 14.3. The molecule has 2 aromatic rings. The summed E-state index contributed by atoms with van der Waals surface area (Å²) in [5.74, 6) is 0.0654. The van der Waals surface area contributed by atoms with Gasteiger partial charge in [-0.1, -0.05) is 49.4 Å². The Balaban J connectivity index is 0.00000312. The molecule has 0 fully saturated rings. The lowest BCUT2D eigenvalue weighted by molar-refractivity contribution is 0.0472. The maximum Gasteiger partial charge on any atom is 0.338 e. The molecule has 0 spiro atoms. The summed E-state index contributed by atoms with van der Waals surface area (Å²) in [6.45, 7) is 3.53. The first-order chi connectivity index (χ1) is 11.7. The molecule has 0 aliphatic heterocycles. The van der Waals surface area contributed by atoms with Crippen molar-refractivity contribution in [2.45, 2.75) is 26.5 Å². The minimum atomic E-state index is -0.346. The zero-order chi connectivity index (χ0) is 17.2. The predicted octanol–water partition coefficient (Wildman–Crippen LogP) is 3.48. The van der Waals surface area contributed by atoms with E-state index in [0.717, 1.165) is 24.1 Å². The van der Waals surface area contributed by atoms with Crippen LogP contribution < -0.4 is 11.1 Å². The lowest BCUT2D eigenvalue weighted by Gasteiger charge is -2.07. The predicted molar refractivity (Wildman–Crippen MR) is 111 cm³/mol. The molecule has 0 amide bonds. The lowest BCUT2D eigenvalue weighted by atomic mass is 10.1. The molecule has 0 unspecified atom stereocenters. The Hall–Kier alpha value is -2.09. The number of carbonyl (C=O) groups is 1. The highest BCUT2D eigenvalue weighted by atomic mass is 127. The third-order valence-electron chi connectivity index (χ3n) is 3.36. The van der Waals surface area contributed by atoms with Crippen LogP contribution in [0.25, 0.3) is 0 Å². The van der Waals surface area contributed by atoms with Crippen molar-refractivity contribution in [3.63, 3.8) is 0 Å². The van der Waals surface area contributed by atoms with E-state index in [1.807, 2.05) is 42.5 Å². The number of ether oxygens (including phenoxy) is 1. The van der Waals surface area contributed by atoms with Crippen molar-refractivity contribution in [1.82, 2.24) is 5.32 Å². The molecule has 0 atom stereocenters. The van der Waals surface area contributed by atoms with Gasteiger partial charge in [0.15, 0.2) is 5.96 Å². The summed E-state index contributed by atoms with van der Waals surface area (Å²) >= 11 is 0. The van der Waals surface area contributed by atoms with E-state index in [1.54, 1.807) is 12.1 Å². The number of nitrogens with zero attached hydrogens (tertiary/aromatic N) is 1. The van der Waals surface area contributed by atoms with E-state index in [4.69, 9.17) is 10.5 Å². The van der Waals surface area contributed by atoms with Crippen LogP contribution in [0.3, 0.4) is 0 Å². The normalized spacial score (nSPS) is 10.7. The van der Waals surface area contributed by atoms with E-state index >= 15 is 0 Å². The third kappa shape index (κ3) is 7.55. The molecule has 3 N–H and O–H groups in total. The lowest BCUT2D eigenvalue weighted by Crippen LogP contribution is -2.32. The van der Waals surface area contributed by atoms with E-state index in [2.05, 4.69) is 17.2 Å². The molecule has 0 saturated heterocycles. The Bertz CT molecular complexity index is 690. The molecule has 25 heavy (non-hydrogen) atoms. The molecular weight excluding hydrogens is 429 g/mol. The van der Waals surface area contributed by atoms with Crippen LogP contribution >= 0.6 is 24.0 Å². The Kier molecular flexibility index (Phi) is 9.61. The van der Waals surface area contributed by atoms with Gasteiger partial charge in [0.05, 0.1) is 12.1 Å². The van der Waals surface area contributed by atoms with Gasteiger partial charge < -0.3 is 15.8 Å². The van der Waals surface area contributed by atoms with Crippen LogP contribution in [0.1, 0.15) is 34.8 Å². The number of nitrogens with two attached hydrogens (primary N) is 1. The minimum Gasteiger partial charge on any atom is -0.457 e. The maximum atomic E-state index is 12.2. The van der Waals surface area contributed by atoms with Gasteiger partial charge in [-0.2, -0.15) is 0 Å². The first kappa shape index (κ1) is 21.0. The number of esters is 1. The van der Waals surface area contributed by atoms with Crippen molar-refractivity contribution < 1.29 is 9.53 Å². The molecule has 0 aliphatic carbocycles. The fourth-order valence-corrected chi connectivity index (χ4v) is 2.09. The highest BCUT2D eigenvalue weighted by molar-refractivity contribution is 14.0. The van der Waals surface area contributed by atoms with Crippen molar-refractivity contribution in [3.8, 4) is 0 Å². The summed E-state index contributed by atoms with van der Waals surface area (Å²) in [6, 6.07) is 16.8. The SMILES string of the molecule is CCCNC(N)=NCc1cccc(C(=O)OCc2ccccc2)c1.I. The van der Waals surface area contributed by atoms with Crippen LogP contribution in [0.15, 0.2) is 59.6 Å². The standard InChI is InChI=1S/C19H23N3O2.HI/c1-2-11-21-19(20)22-13-16-9-6-10-17(12-16)18(23)24-14-15-7-4-3-5-8-15;/h3-10,12H,2,11,13-14H2,1H3,(H3,20,21,22);1H. The number of halogens is 1. The fraction of sp³-hybridized carbons (Fsp3) is 0.263. The van der Waals surface area contributed by atoms with Gasteiger partial charge in [0.2, 0.25) is 0 Å². The Morgan fingerprint density at radius 2 is 1.84 bits per heavy atom. The molecule has 0 aliphatic rings. The van der Waals surface area contributed by atoms with Gasteiger partial charge in [0.1, 0.15) is 6.61 Å². The van der Waals surface area contributed by atoms with Crippen molar-refractivity contribution in [2.24, 2.45) is 10.7 Å².